The lowest BCUT2D eigenvalue weighted by Gasteiger charge is -2.32. The van der Waals surface area contributed by atoms with E-state index in [1.807, 2.05) is 11.0 Å². The van der Waals surface area contributed by atoms with Crippen LogP contribution in [0.3, 0.4) is 0 Å². The highest BCUT2D eigenvalue weighted by Gasteiger charge is 2.25. The first kappa shape index (κ1) is 17.3. The van der Waals surface area contributed by atoms with Crippen molar-refractivity contribution in [2.24, 2.45) is 5.92 Å². The van der Waals surface area contributed by atoms with E-state index in [9.17, 15) is 0 Å². The highest BCUT2D eigenvalue weighted by Crippen LogP contribution is 2.27. The number of nitrogens with one attached hydrogen (secondary N) is 2. The average Bonchev–Trinajstić information content (AvgIpc) is 2.64. The molecule has 0 amide bonds. The summed E-state index contributed by atoms with van der Waals surface area (Å²) in [5.74, 6) is 2.56. The maximum atomic E-state index is 5.42. The summed E-state index contributed by atoms with van der Waals surface area (Å²) in [6.07, 6.45) is 8.70. The van der Waals surface area contributed by atoms with Crippen molar-refractivity contribution >= 4 is 0 Å². The molecule has 0 aromatic heterocycles. The number of methoxy groups -OCH3 is 2. The van der Waals surface area contributed by atoms with Gasteiger partial charge in [-0.05, 0) is 37.5 Å². The van der Waals surface area contributed by atoms with Crippen LogP contribution in [0.5, 0.6) is 11.5 Å². The molecule has 1 heterocycles. The van der Waals surface area contributed by atoms with Gasteiger partial charge in [-0.1, -0.05) is 12.2 Å². The maximum absolute atomic E-state index is 5.42. The van der Waals surface area contributed by atoms with Crippen LogP contribution in [0.1, 0.15) is 24.8 Å². The van der Waals surface area contributed by atoms with Crippen molar-refractivity contribution in [2.75, 3.05) is 46.9 Å². The van der Waals surface area contributed by atoms with Crippen molar-refractivity contribution in [3.8, 4) is 11.5 Å². The summed E-state index contributed by atoms with van der Waals surface area (Å²) in [6.45, 7) is 7.61. The second kappa shape index (κ2) is 8.54. The molecule has 1 fully saturated rings. The number of piperazine rings is 1. The molecule has 0 unspecified atom stereocenters. The second-order valence-electron chi connectivity index (χ2n) is 7.22. The molecule has 1 atom stereocenters. The standard InChI is InChI=1S/C20H30N2O2/c1-23-19-9-8-18(14-20(19)24-2)16-22-12-10-21(11-13-22)15-17-6-4-3-5-7-17/h3-4,8-9,14,17H,5-7,10-13,15-16H2,1-2H3/p+2/t17-/m1/s1. The number of benzene rings is 1. The van der Waals surface area contributed by atoms with Crippen molar-refractivity contribution in [2.45, 2.75) is 25.8 Å². The zero-order valence-electron chi connectivity index (χ0n) is 15.1. The van der Waals surface area contributed by atoms with Gasteiger partial charge in [0.25, 0.3) is 0 Å². The predicted molar refractivity (Wildman–Crippen MR) is 96.0 cm³/mol. The Morgan fingerprint density at radius 1 is 0.958 bits per heavy atom. The Kier molecular flexibility index (Phi) is 6.16. The van der Waals surface area contributed by atoms with Crippen LogP contribution in [0.15, 0.2) is 30.4 Å². The van der Waals surface area contributed by atoms with Crippen LogP contribution in [0, 0.1) is 5.92 Å². The Balaban J connectivity index is 1.47. The number of hydrogen-bond donors (Lipinski definition) is 2. The number of allylic oxidation sites excluding steroid dienone is 2. The fraction of sp³-hybridized carbons (Fsp3) is 0.600. The molecule has 132 valence electrons. The molecule has 1 aliphatic heterocycles. The van der Waals surface area contributed by atoms with E-state index >= 15 is 0 Å². The molecule has 0 saturated carbocycles. The third kappa shape index (κ3) is 4.52. The van der Waals surface area contributed by atoms with Crippen LogP contribution in [-0.4, -0.2) is 46.9 Å². The van der Waals surface area contributed by atoms with E-state index in [2.05, 4.69) is 24.3 Å². The molecule has 1 aliphatic carbocycles. The number of quaternary nitrogens is 2. The number of rotatable bonds is 6. The lowest BCUT2D eigenvalue weighted by molar-refractivity contribution is -1.02. The summed E-state index contributed by atoms with van der Waals surface area (Å²) in [5, 5.41) is 0. The van der Waals surface area contributed by atoms with Crippen molar-refractivity contribution < 1.29 is 19.3 Å². The molecule has 4 heteroatoms. The van der Waals surface area contributed by atoms with Crippen molar-refractivity contribution in [1.82, 2.24) is 0 Å². The largest absolute Gasteiger partial charge is 0.493 e. The van der Waals surface area contributed by atoms with Crippen LogP contribution in [-0.2, 0) is 6.54 Å². The first-order chi connectivity index (χ1) is 11.8. The van der Waals surface area contributed by atoms with Crippen molar-refractivity contribution in [3.05, 3.63) is 35.9 Å². The minimum atomic E-state index is 0.812. The molecule has 3 rings (SSSR count). The van der Waals surface area contributed by atoms with E-state index in [-0.39, 0.29) is 0 Å². The molecule has 0 radical (unpaired) electrons. The molecule has 2 aliphatic rings. The van der Waals surface area contributed by atoms with E-state index < -0.39 is 0 Å². The first-order valence-electron chi connectivity index (χ1n) is 9.31. The van der Waals surface area contributed by atoms with Gasteiger partial charge in [-0.3, -0.25) is 0 Å². The van der Waals surface area contributed by atoms with Gasteiger partial charge in [0, 0.05) is 11.5 Å². The van der Waals surface area contributed by atoms with Crippen LogP contribution in [0.4, 0.5) is 0 Å². The van der Waals surface area contributed by atoms with Gasteiger partial charge in [0.1, 0.15) is 32.7 Å². The summed E-state index contributed by atoms with van der Waals surface area (Å²) < 4.78 is 10.8. The number of hydrogen-bond acceptors (Lipinski definition) is 2. The lowest BCUT2D eigenvalue weighted by Crippen LogP contribution is -3.27. The molecule has 0 spiro atoms. The first-order valence-corrected chi connectivity index (χ1v) is 9.31. The third-order valence-electron chi connectivity index (χ3n) is 5.52. The van der Waals surface area contributed by atoms with E-state index in [0.29, 0.717) is 0 Å². The van der Waals surface area contributed by atoms with Crippen LogP contribution in [0.25, 0.3) is 0 Å². The van der Waals surface area contributed by atoms with Crippen LogP contribution >= 0.6 is 0 Å². The molecule has 1 aromatic carbocycles. The fourth-order valence-electron chi connectivity index (χ4n) is 4.07. The van der Waals surface area contributed by atoms with Gasteiger partial charge < -0.3 is 19.3 Å². The number of ether oxygens (including phenoxy) is 2. The average molecular weight is 332 g/mol. The molecule has 1 aromatic rings. The molecule has 1 saturated heterocycles. The van der Waals surface area contributed by atoms with E-state index in [1.165, 1.54) is 57.5 Å². The van der Waals surface area contributed by atoms with Crippen molar-refractivity contribution in [1.29, 1.82) is 0 Å². The molecular formula is C20H32N2O2+2. The Labute approximate surface area is 146 Å². The summed E-state index contributed by atoms with van der Waals surface area (Å²) in [5.41, 5.74) is 1.34. The summed E-state index contributed by atoms with van der Waals surface area (Å²) in [4.78, 5) is 3.50. The van der Waals surface area contributed by atoms with Gasteiger partial charge >= 0.3 is 0 Å². The zero-order chi connectivity index (χ0) is 16.8. The Morgan fingerprint density at radius 2 is 1.71 bits per heavy atom. The highest BCUT2D eigenvalue weighted by atomic mass is 16.5. The smallest absolute Gasteiger partial charge is 0.161 e. The molecule has 24 heavy (non-hydrogen) atoms. The summed E-state index contributed by atoms with van der Waals surface area (Å²) in [7, 11) is 3.39. The Hall–Kier alpha value is -1.52. The van der Waals surface area contributed by atoms with E-state index in [1.54, 1.807) is 19.1 Å². The Morgan fingerprint density at radius 3 is 2.38 bits per heavy atom. The van der Waals surface area contributed by atoms with Gasteiger partial charge in [0.15, 0.2) is 11.5 Å². The molecule has 4 nitrogen and oxygen atoms in total. The van der Waals surface area contributed by atoms with Crippen LogP contribution < -0.4 is 19.3 Å². The molecule has 2 N–H and O–H groups in total. The quantitative estimate of drug-likeness (QED) is 0.736. The van der Waals surface area contributed by atoms with E-state index in [4.69, 9.17) is 9.47 Å². The third-order valence-corrected chi connectivity index (χ3v) is 5.52. The predicted octanol–water partition coefficient (Wildman–Crippen LogP) is 0.344. The molecular weight excluding hydrogens is 300 g/mol. The van der Waals surface area contributed by atoms with Gasteiger partial charge in [0.05, 0.1) is 20.8 Å². The summed E-state index contributed by atoms with van der Waals surface area (Å²) >= 11 is 0. The van der Waals surface area contributed by atoms with Gasteiger partial charge in [0.2, 0.25) is 0 Å². The van der Waals surface area contributed by atoms with E-state index in [0.717, 1.165) is 24.0 Å². The SMILES string of the molecule is COc1ccc(C[NH+]2CC[NH+](C[C@@H]3CC=CCC3)CC2)cc1OC. The van der Waals surface area contributed by atoms with Gasteiger partial charge in [-0.25, -0.2) is 0 Å². The van der Waals surface area contributed by atoms with Crippen molar-refractivity contribution in [3.63, 3.8) is 0 Å². The minimum Gasteiger partial charge on any atom is -0.493 e. The lowest BCUT2D eigenvalue weighted by atomic mass is 9.94. The van der Waals surface area contributed by atoms with Gasteiger partial charge in [-0.2, -0.15) is 0 Å². The highest BCUT2D eigenvalue weighted by molar-refractivity contribution is 5.42. The maximum Gasteiger partial charge on any atom is 0.161 e. The summed E-state index contributed by atoms with van der Waals surface area (Å²) in [6, 6.07) is 6.31. The van der Waals surface area contributed by atoms with Gasteiger partial charge in [-0.15, -0.1) is 0 Å². The second-order valence-corrected chi connectivity index (χ2v) is 7.22. The Bertz CT molecular complexity index is 551. The normalized spacial score (nSPS) is 27.0. The monoisotopic (exact) mass is 332 g/mol. The zero-order valence-corrected chi connectivity index (χ0v) is 15.1. The fourth-order valence-corrected chi connectivity index (χ4v) is 4.07. The minimum absolute atomic E-state index is 0.812. The van der Waals surface area contributed by atoms with Crippen LogP contribution in [0.2, 0.25) is 0 Å². The molecule has 0 bridgehead atoms. The topological polar surface area (TPSA) is 27.3 Å².